The summed E-state index contributed by atoms with van der Waals surface area (Å²) < 4.78 is 15.6. The number of methoxy groups -OCH3 is 3. The maximum absolute atomic E-state index is 12.3. The zero-order valence-electron chi connectivity index (χ0n) is 11.6. The summed E-state index contributed by atoms with van der Waals surface area (Å²) in [5, 5.41) is 0. The molecule has 0 saturated carbocycles. The molecule has 0 amide bonds. The van der Waals surface area contributed by atoms with Crippen LogP contribution in [0.5, 0.6) is 11.5 Å². The molecule has 0 fully saturated rings. The molecule has 100 valence electrons. The number of Topliss-reactive ketones (excluding diaryl/α,β-unsaturated/α-hetero) is 1. The van der Waals surface area contributed by atoms with Crippen LogP contribution in [0.1, 0.15) is 30.6 Å². The minimum atomic E-state index is -0.495. The number of hydrogen-bond donors (Lipinski definition) is 0. The third-order valence-electron chi connectivity index (χ3n) is 2.85. The Morgan fingerprint density at radius 1 is 1.17 bits per heavy atom. The van der Waals surface area contributed by atoms with Crippen molar-refractivity contribution in [2.24, 2.45) is 0 Å². The van der Waals surface area contributed by atoms with Gasteiger partial charge in [-0.15, -0.1) is 0 Å². The third kappa shape index (κ3) is 3.47. The summed E-state index contributed by atoms with van der Waals surface area (Å²) in [5.41, 5.74) is 0.0208. The highest BCUT2D eigenvalue weighted by Gasteiger charge is 2.24. The number of carbonyl (C=O) groups excluding carboxylic acids is 1. The molecule has 0 spiro atoms. The van der Waals surface area contributed by atoms with Gasteiger partial charge in [0, 0.05) is 13.5 Å². The second-order valence-corrected chi connectivity index (χ2v) is 4.63. The number of ketones is 1. The molecule has 0 aromatic heterocycles. The number of rotatable bonds is 6. The quantitative estimate of drug-likeness (QED) is 0.730. The van der Waals surface area contributed by atoms with E-state index in [-0.39, 0.29) is 12.2 Å². The lowest BCUT2D eigenvalue weighted by Gasteiger charge is -2.22. The second-order valence-electron chi connectivity index (χ2n) is 4.63. The lowest BCUT2D eigenvalue weighted by Crippen LogP contribution is -2.26. The van der Waals surface area contributed by atoms with Crippen molar-refractivity contribution in [3.63, 3.8) is 0 Å². The number of benzene rings is 1. The summed E-state index contributed by atoms with van der Waals surface area (Å²) >= 11 is 0. The predicted molar refractivity (Wildman–Crippen MR) is 69.6 cm³/mol. The maximum Gasteiger partial charge on any atom is 0.169 e. The van der Waals surface area contributed by atoms with Crippen LogP contribution in [0, 0.1) is 0 Å². The van der Waals surface area contributed by atoms with Crippen LogP contribution in [-0.4, -0.2) is 32.7 Å². The fourth-order valence-corrected chi connectivity index (χ4v) is 1.59. The number of hydrogen-bond acceptors (Lipinski definition) is 4. The number of ether oxygens (including phenoxy) is 3. The Bertz CT molecular complexity index is 424. The molecule has 0 aliphatic rings. The van der Waals surface area contributed by atoms with Gasteiger partial charge in [0.15, 0.2) is 5.78 Å². The molecule has 0 aliphatic carbocycles. The highest BCUT2D eigenvalue weighted by molar-refractivity contribution is 5.99. The van der Waals surface area contributed by atoms with E-state index in [4.69, 9.17) is 14.2 Å². The van der Waals surface area contributed by atoms with E-state index in [0.717, 1.165) is 0 Å². The van der Waals surface area contributed by atoms with E-state index < -0.39 is 5.60 Å². The fraction of sp³-hybridized carbons (Fsp3) is 0.500. The van der Waals surface area contributed by atoms with Gasteiger partial charge in [0.1, 0.15) is 11.5 Å². The first-order chi connectivity index (χ1) is 8.43. The van der Waals surface area contributed by atoms with Crippen LogP contribution in [0.4, 0.5) is 0 Å². The van der Waals surface area contributed by atoms with Crippen molar-refractivity contribution in [1.82, 2.24) is 0 Å². The predicted octanol–water partition coefficient (Wildman–Crippen LogP) is 2.70. The first kappa shape index (κ1) is 14.5. The van der Waals surface area contributed by atoms with Gasteiger partial charge >= 0.3 is 0 Å². The van der Waals surface area contributed by atoms with Crippen molar-refractivity contribution in [3.8, 4) is 11.5 Å². The van der Waals surface area contributed by atoms with Crippen molar-refractivity contribution < 1.29 is 19.0 Å². The molecular formula is C14H20O4. The molecule has 4 heteroatoms. The molecule has 18 heavy (non-hydrogen) atoms. The van der Waals surface area contributed by atoms with Crippen LogP contribution in [0.3, 0.4) is 0 Å². The van der Waals surface area contributed by atoms with Gasteiger partial charge in [0.2, 0.25) is 0 Å². The molecule has 0 N–H and O–H groups in total. The third-order valence-corrected chi connectivity index (χ3v) is 2.85. The van der Waals surface area contributed by atoms with Crippen LogP contribution in [0.25, 0.3) is 0 Å². The molecular weight excluding hydrogens is 232 g/mol. The Balaban J connectivity index is 3.03. The molecule has 0 aliphatic heterocycles. The van der Waals surface area contributed by atoms with Crippen molar-refractivity contribution in [2.45, 2.75) is 25.9 Å². The standard InChI is InChI=1S/C14H20O4/c1-14(2,18-5)9-12(15)11-8-10(16-3)6-7-13(11)17-4/h6-8H,9H2,1-5H3. The average molecular weight is 252 g/mol. The van der Waals surface area contributed by atoms with Gasteiger partial charge in [-0.1, -0.05) is 0 Å². The van der Waals surface area contributed by atoms with E-state index in [2.05, 4.69) is 0 Å². The van der Waals surface area contributed by atoms with E-state index in [9.17, 15) is 4.79 Å². The molecule has 1 aromatic carbocycles. The molecule has 0 radical (unpaired) electrons. The van der Waals surface area contributed by atoms with Gasteiger partial charge in [0.05, 0.1) is 25.4 Å². The molecule has 0 atom stereocenters. The molecule has 0 bridgehead atoms. The SMILES string of the molecule is COc1ccc(OC)c(C(=O)CC(C)(C)OC)c1. The lowest BCUT2D eigenvalue weighted by molar-refractivity contribution is 0.0171. The zero-order chi connectivity index (χ0) is 13.8. The molecule has 4 nitrogen and oxygen atoms in total. The van der Waals surface area contributed by atoms with Gasteiger partial charge in [-0.05, 0) is 32.0 Å². The van der Waals surface area contributed by atoms with E-state index in [0.29, 0.717) is 17.1 Å². The highest BCUT2D eigenvalue weighted by Crippen LogP contribution is 2.27. The van der Waals surface area contributed by atoms with E-state index in [1.54, 1.807) is 39.5 Å². The fourth-order valence-electron chi connectivity index (χ4n) is 1.59. The topological polar surface area (TPSA) is 44.8 Å². The smallest absolute Gasteiger partial charge is 0.169 e. The Hall–Kier alpha value is -1.55. The monoisotopic (exact) mass is 252 g/mol. The minimum Gasteiger partial charge on any atom is -0.497 e. The summed E-state index contributed by atoms with van der Waals surface area (Å²) in [6, 6.07) is 5.18. The van der Waals surface area contributed by atoms with Gasteiger partial charge in [-0.25, -0.2) is 0 Å². The van der Waals surface area contributed by atoms with Crippen molar-refractivity contribution >= 4 is 5.78 Å². The van der Waals surface area contributed by atoms with Crippen molar-refractivity contribution in [2.75, 3.05) is 21.3 Å². The van der Waals surface area contributed by atoms with Crippen LogP contribution in [-0.2, 0) is 4.74 Å². The summed E-state index contributed by atoms with van der Waals surface area (Å²) in [6.45, 7) is 3.75. The second kappa shape index (κ2) is 5.87. The average Bonchev–Trinajstić information content (AvgIpc) is 2.37. The van der Waals surface area contributed by atoms with Gasteiger partial charge in [0.25, 0.3) is 0 Å². The Morgan fingerprint density at radius 3 is 2.33 bits per heavy atom. The largest absolute Gasteiger partial charge is 0.497 e. The van der Waals surface area contributed by atoms with Crippen LogP contribution < -0.4 is 9.47 Å². The Labute approximate surface area is 108 Å². The van der Waals surface area contributed by atoms with Crippen molar-refractivity contribution in [3.05, 3.63) is 23.8 Å². The Kier molecular flexibility index (Phi) is 4.73. The first-order valence-corrected chi connectivity index (χ1v) is 5.74. The van der Waals surface area contributed by atoms with E-state index in [1.165, 1.54) is 0 Å². The molecule has 1 rings (SSSR count). The maximum atomic E-state index is 12.3. The van der Waals surface area contributed by atoms with E-state index in [1.807, 2.05) is 13.8 Å². The molecule has 0 heterocycles. The summed E-state index contributed by atoms with van der Waals surface area (Å²) in [7, 11) is 4.70. The van der Waals surface area contributed by atoms with Crippen LogP contribution in [0.15, 0.2) is 18.2 Å². The first-order valence-electron chi connectivity index (χ1n) is 5.74. The summed E-state index contributed by atoms with van der Waals surface area (Å²) in [5.74, 6) is 1.15. The zero-order valence-corrected chi connectivity index (χ0v) is 11.6. The van der Waals surface area contributed by atoms with Gasteiger partial charge in [-0.3, -0.25) is 4.79 Å². The summed E-state index contributed by atoms with van der Waals surface area (Å²) in [6.07, 6.45) is 0.285. The highest BCUT2D eigenvalue weighted by atomic mass is 16.5. The Morgan fingerprint density at radius 2 is 1.83 bits per heavy atom. The van der Waals surface area contributed by atoms with Crippen LogP contribution in [0.2, 0.25) is 0 Å². The normalized spacial score (nSPS) is 11.2. The number of carbonyl (C=O) groups is 1. The lowest BCUT2D eigenvalue weighted by atomic mass is 9.96. The summed E-state index contributed by atoms with van der Waals surface area (Å²) in [4.78, 5) is 12.3. The minimum absolute atomic E-state index is 0.0300. The van der Waals surface area contributed by atoms with Gasteiger partial charge < -0.3 is 14.2 Å². The molecule has 0 unspecified atom stereocenters. The van der Waals surface area contributed by atoms with Crippen molar-refractivity contribution in [1.29, 1.82) is 0 Å². The molecule has 0 saturated heterocycles. The van der Waals surface area contributed by atoms with E-state index >= 15 is 0 Å². The molecule has 1 aromatic rings. The van der Waals surface area contributed by atoms with Gasteiger partial charge in [-0.2, -0.15) is 0 Å². The van der Waals surface area contributed by atoms with Crippen LogP contribution >= 0.6 is 0 Å².